The number of anilines is 1. The van der Waals surface area contributed by atoms with Crippen molar-refractivity contribution in [1.29, 1.82) is 0 Å². The topological polar surface area (TPSA) is 25.4 Å². The Labute approximate surface area is 92.3 Å². The highest BCUT2D eigenvalue weighted by molar-refractivity contribution is 7.16. The van der Waals surface area contributed by atoms with Crippen molar-refractivity contribution in [3.8, 4) is 0 Å². The van der Waals surface area contributed by atoms with Crippen LogP contribution in [0, 0.1) is 5.51 Å². The number of rotatable bonds is 1. The van der Waals surface area contributed by atoms with E-state index in [2.05, 4.69) is 33.6 Å². The molecule has 15 heavy (non-hydrogen) atoms. The molecule has 0 amide bonds. The van der Waals surface area contributed by atoms with Crippen LogP contribution < -0.4 is 4.90 Å². The lowest BCUT2D eigenvalue weighted by Crippen LogP contribution is -2.36. The van der Waals surface area contributed by atoms with Gasteiger partial charge in [-0.15, -0.1) is 11.3 Å². The maximum Gasteiger partial charge on any atom is 0.153 e. The lowest BCUT2D eigenvalue weighted by atomic mass is 10.2. The van der Waals surface area contributed by atoms with Crippen molar-refractivity contribution in [2.75, 3.05) is 31.2 Å². The van der Waals surface area contributed by atoms with Crippen LogP contribution in [0.2, 0.25) is 0 Å². The van der Waals surface area contributed by atoms with Crippen LogP contribution in [0.25, 0.3) is 10.2 Å². The highest BCUT2D eigenvalue weighted by atomic mass is 32.1. The Bertz CT molecular complexity index is 462. The summed E-state index contributed by atoms with van der Waals surface area (Å²) < 4.78 is 6.55. The summed E-state index contributed by atoms with van der Waals surface area (Å²) in [5, 5.41) is 0. The molecular formula is C11H11N2OS. The third-order valence-corrected chi connectivity index (χ3v) is 3.37. The number of morpholine rings is 1. The smallest absolute Gasteiger partial charge is 0.153 e. The van der Waals surface area contributed by atoms with Crippen molar-refractivity contribution in [1.82, 2.24) is 4.98 Å². The van der Waals surface area contributed by atoms with E-state index in [9.17, 15) is 0 Å². The zero-order valence-electron chi connectivity index (χ0n) is 8.27. The number of ether oxygens (including phenoxy) is 1. The number of fused-ring (bicyclic) bond motifs is 1. The Balaban J connectivity index is 2.05. The number of benzene rings is 1. The zero-order chi connectivity index (χ0) is 10.1. The molecule has 1 aromatic heterocycles. The van der Waals surface area contributed by atoms with Crippen LogP contribution in [0.15, 0.2) is 18.2 Å². The van der Waals surface area contributed by atoms with E-state index in [0.29, 0.717) is 0 Å². The highest BCUT2D eigenvalue weighted by Crippen LogP contribution is 2.28. The second kappa shape index (κ2) is 3.79. The molecule has 3 nitrogen and oxygen atoms in total. The molecule has 2 aromatic rings. The fraction of sp³-hybridized carbons (Fsp3) is 0.364. The van der Waals surface area contributed by atoms with Gasteiger partial charge in [0.05, 0.1) is 23.6 Å². The third kappa shape index (κ3) is 1.60. The van der Waals surface area contributed by atoms with Gasteiger partial charge in [-0.1, -0.05) is 6.07 Å². The molecule has 4 heteroatoms. The first-order chi connectivity index (χ1) is 7.45. The summed E-state index contributed by atoms with van der Waals surface area (Å²) in [4.78, 5) is 6.64. The van der Waals surface area contributed by atoms with Crippen molar-refractivity contribution in [2.24, 2.45) is 0 Å². The number of thiazole rings is 1. The molecule has 2 heterocycles. The Hall–Kier alpha value is -1.13. The van der Waals surface area contributed by atoms with Crippen LogP contribution in [-0.4, -0.2) is 31.3 Å². The largest absolute Gasteiger partial charge is 0.378 e. The van der Waals surface area contributed by atoms with Gasteiger partial charge in [0.1, 0.15) is 5.52 Å². The van der Waals surface area contributed by atoms with Crippen molar-refractivity contribution in [3.63, 3.8) is 0 Å². The van der Waals surface area contributed by atoms with Crippen LogP contribution in [0.1, 0.15) is 0 Å². The number of hydrogen-bond acceptors (Lipinski definition) is 4. The summed E-state index contributed by atoms with van der Waals surface area (Å²) in [6.07, 6.45) is 0. The number of aromatic nitrogens is 1. The number of nitrogens with zero attached hydrogens (tertiary/aromatic N) is 2. The molecule has 0 aliphatic carbocycles. The second-order valence-corrected chi connectivity index (χ2v) is 4.35. The molecule has 3 rings (SSSR count). The van der Waals surface area contributed by atoms with E-state index in [1.54, 1.807) is 11.3 Å². The van der Waals surface area contributed by atoms with E-state index >= 15 is 0 Å². The van der Waals surface area contributed by atoms with Gasteiger partial charge < -0.3 is 9.64 Å². The molecule has 0 unspecified atom stereocenters. The molecule has 1 aliphatic heterocycles. The minimum absolute atomic E-state index is 0.810. The maximum absolute atomic E-state index is 5.35. The van der Waals surface area contributed by atoms with Crippen LogP contribution in [0.3, 0.4) is 0 Å². The normalized spacial score (nSPS) is 17.2. The molecule has 1 fully saturated rings. The Morgan fingerprint density at radius 3 is 3.07 bits per heavy atom. The van der Waals surface area contributed by atoms with Gasteiger partial charge in [-0.3, -0.25) is 0 Å². The van der Waals surface area contributed by atoms with Crippen molar-refractivity contribution < 1.29 is 4.74 Å². The lowest BCUT2D eigenvalue weighted by Gasteiger charge is -2.28. The van der Waals surface area contributed by atoms with Crippen molar-refractivity contribution in [3.05, 3.63) is 23.7 Å². The summed E-state index contributed by atoms with van der Waals surface area (Å²) in [7, 11) is 0. The summed E-state index contributed by atoms with van der Waals surface area (Å²) in [5.41, 5.74) is 5.24. The van der Waals surface area contributed by atoms with E-state index in [1.165, 1.54) is 10.4 Å². The molecule has 1 radical (unpaired) electrons. The van der Waals surface area contributed by atoms with E-state index in [4.69, 9.17) is 4.74 Å². The summed E-state index contributed by atoms with van der Waals surface area (Å²) >= 11 is 1.57. The predicted molar refractivity (Wildman–Crippen MR) is 61.5 cm³/mol. The van der Waals surface area contributed by atoms with Gasteiger partial charge in [-0.25, -0.2) is 4.98 Å². The van der Waals surface area contributed by atoms with Gasteiger partial charge in [0.25, 0.3) is 0 Å². The van der Waals surface area contributed by atoms with Gasteiger partial charge in [-0.2, -0.15) is 0 Å². The Morgan fingerprint density at radius 1 is 1.33 bits per heavy atom. The molecule has 0 spiro atoms. The first-order valence-corrected chi connectivity index (χ1v) is 5.85. The van der Waals surface area contributed by atoms with Gasteiger partial charge in [0.2, 0.25) is 0 Å². The van der Waals surface area contributed by atoms with Crippen molar-refractivity contribution in [2.45, 2.75) is 0 Å². The van der Waals surface area contributed by atoms with E-state index in [0.717, 1.165) is 31.8 Å². The molecule has 0 atom stereocenters. The summed E-state index contributed by atoms with van der Waals surface area (Å²) in [6, 6.07) is 6.30. The zero-order valence-corrected chi connectivity index (χ0v) is 9.09. The standard InChI is InChI=1S/C11H11N2OS/c1-2-9(13-4-6-14-7-5-13)11-10(3-1)15-8-12-11/h1-3H,4-7H2. The van der Waals surface area contributed by atoms with Crippen LogP contribution in [-0.2, 0) is 4.74 Å². The maximum atomic E-state index is 5.35. The van der Waals surface area contributed by atoms with Crippen LogP contribution in [0.4, 0.5) is 5.69 Å². The van der Waals surface area contributed by atoms with Crippen LogP contribution >= 0.6 is 11.3 Å². The van der Waals surface area contributed by atoms with Gasteiger partial charge in [0.15, 0.2) is 5.51 Å². The Kier molecular flexibility index (Phi) is 2.31. The molecular weight excluding hydrogens is 208 g/mol. The SMILES string of the molecule is [c]1nc2c(N3CCOCC3)cccc2s1. The number of hydrogen-bond donors (Lipinski definition) is 0. The van der Waals surface area contributed by atoms with Gasteiger partial charge in [0, 0.05) is 13.1 Å². The fourth-order valence-electron chi connectivity index (χ4n) is 1.88. The first kappa shape index (κ1) is 9.12. The van der Waals surface area contributed by atoms with E-state index in [1.807, 2.05) is 0 Å². The summed E-state index contributed by atoms with van der Waals surface area (Å²) in [6.45, 7) is 3.53. The highest BCUT2D eigenvalue weighted by Gasteiger charge is 2.14. The van der Waals surface area contributed by atoms with Gasteiger partial charge in [-0.05, 0) is 12.1 Å². The van der Waals surface area contributed by atoms with Gasteiger partial charge >= 0.3 is 0 Å². The minimum Gasteiger partial charge on any atom is -0.378 e. The molecule has 1 aliphatic rings. The average Bonchev–Trinajstić information content (AvgIpc) is 2.78. The molecule has 0 saturated carbocycles. The number of para-hydroxylation sites is 1. The summed E-state index contributed by atoms with van der Waals surface area (Å²) in [5.74, 6) is 0. The third-order valence-electron chi connectivity index (χ3n) is 2.64. The molecule has 1 saturated heterocycles. The molecule has 0 N–H and O–H groups in total. The van der Waals surface area contributed by atoms with E-state index < -0.39 is 0 Å². The second-order valence-electron chi connectivity index (χ2n) is 3.53. The lowest BCUT2D eigenvalue weighted by molar-refractivity contribution is 0.123. The minimum atomic E-state index is 0.810. The molecule has 0 bridgehead atoms. The monoisotopic (exact) mass is 219 g/mol. The Morgan fingerprint density at radius 2 is 2.20 bits per heavy atom. The first-order valence-electron chi connectivity index (χ1n) is 5.03. The van der Waals surface area contributed by atoms with Crippen molar-refractivity contribution >= 4 is 27.2 Å². The fourth-order valence-corrected chi connectivity index (χ4v) is 2.51. The quantitative estimate of drug-likeness (QED) is 0.733. The average molecular weight is 219 g/mol. The molecule has 1 aromatic carbocycles. The molecule has 77 valence electrons. The van der Waals surface area contributed by atoms with E-state index in [-0.39, 0.29) is 0 Å². The predicted octanol–water partition coefficient (Wildman–Crippen LogP) is 1.93. The van der Waals surface area contributed by atoms with Crippen LogP contribution in [0.5, 0.6) is 0 Å².